The Hall–Kier alpha value is -1.69. The highest BCUT2D eigenvalue weighted by atomic mass is 32.1. The van der Waals surface area contributed by atoms with E-state index in [9.17, 15) is 4.79 Å². The van der Waals surface area contributed by atoms with Crippen LogP contribution in [0.4, 0.5) is 5.82 Å². The van der Waals surface area contributed by atoms with Gasteiger partial charge in [0.05, 0.1) is 13.2 Å². The van der Waals surface area contributed by atoms with Crippen LogP contribution in [0.3, 0.4) is 0 Å². The molecule has 0 atom stereocenters. The Kier molecular flexibility index (Phi) is 5.35. The summed E-state index contributed by atoms with van der Waals surface area (Å²) in [6.45, 7) is 4.32. The van der Waals surface area contributed by atoms with Crippen molar-refractivity contribution in [3.05, 3.63) is 23.9 Å². The monoisotopic (exact) mass is 254 g/mol. The zero-order chi connectivity index (χ0) is 12.7. The third-order valence-electron chi connectivity index (χ3n) is 1.80. The largest absolute Gasteiger partial charge is 0.471 e. The summed E-state index contributed by atoms with van der Waals surface area (Å²) < 4.78 is 9.98. The van der Waals surface area contributed by atoms with Gasteiger partial charge in [0.25, 0.3) is 5.17 Å². The minimum absolute atomic E-state index is 0.178. The number of aromatic nitrogens is 1. The fourth-order valence-corrected chi connectivity index (χ4v) is 1.36. The molecule has 1 aromatic heterocycles. The summed E-state index contributed by atoms with van der Waals surface area (Å²) in [7, 11) is 0. The fourth-order valence-electron chi connectivity index (χ4n) is 1.14. The van der Waals surface area contributed by atoms with Gasteiger partial charge < -0.3 is 14.8 Å². The summed E-state index contributed by atoms with van der Waals surface area (Å²) in [5, 5.41) is 2.93. The van der Waals surface area contributed by atoms with Gasteiger partial charge in [-0.3, -0.25) is 0 Å². The van der Waals surface area contributed by atoms with Crippen molar-refractivity contribution in [2.75, 3.05) is 18.5 Å². The van der Waals surface area contributed by atoms with Crippen molar-refractivity contribution in [3.8, 4) is 0 Å². The van der Waals surface area contributed by atoms with E-state index in [4.69, 9.17) is 21.7 Å². The van der Waals surface area contributed by atoms with E-state index >= 15 is 0 Å². The molecule has 6 heteroatoms. The Labute approximate surface area is 105 Å². The van der Waals surface area contributed by atoms with Crippen LogP contribution in [0.1, 0.15) is 24.2 Å². The van der Waals surface area contributed by atoms with Crippen LogP contribution in [0.5, 0.6) is 0 Å². The molecule has 0 radical (unpaired) electrons. The zero-order valence-corrected chi connectivity index (χ0v) is 10.5. The number of carbonyl (C=O) groups is 1. The van der Waals surface area contributed by atoms with Crippen LogP contribution in [-0.2, 0) is 9.47 Å². The highest BCUT2D eigenvalue weighted by Gasteiger charge is 2.14. The molecule has 5 nitrogen and oxygen atoms in total. The molecule has 1 heterocycles. The maximum Gasteiger partial charge on any atom is 0.341 e. The Balaban J connectivity index is 2.84. The van der Waals surface area contributed by atoms with Gasteiger partial charge in [-0.15, -0.1) is 0 Å². The van der Waals surface area contributed by atoms with E-state index in [0.29, 0.717) is 24.6 Å². The van der Waals surface area contributed by atoms with Crippen LogP contribution in [0.25, 0.3) is 0 Å². The number of esters is 1. The SMILES string of the molecule is CCOC(=O)c1cccnc1NC(=S)OCC. The lowest BCUT2D eigenvalue weighted by Gasteiger charge is -2.10. The Morgan fingerprint density at radius 2 is 2.12 bits per heavy atom. The molecule has 92 valence electrons. The van der Waals surface area contributed by atoms with E-state index in [1.807, 2.05) is 6.92 Å². The molecule has 0 aliphatic rings. The molecule has 0 saturated carbocycles. The number of thiocarbonyl (C=S) groups is 1. The first-order chi connectivity index (χ1) is 8.19. The van der Waals surface area contributed by atoms with Crippen LogP contribution in [-0.4, -0.2) is 29.3 Å². The second-order valence-electron chi connectivity index (χ2n) is 2.97. The van der Waals surface area contributed by atoms with Gasteiger partial charge in [0, 0.05) is 6.20 Å². The molecule has 0 aliphatic heterocycles. The number of hydrogen-bond acceptors (Lipinski definition) is 5. The number of rotatable bonds is 4. The summed E-state index contributed by atoms with van der Waals surface area (Å²) in [6.07, 6.45) is 1.56. The van der Waals surface area contributed by atoms with Crippen molar-refractivity contribution in [1.29, 1.82) is 0 Å². The maximum atomic E-state index is 11.6. The van der Waals surface area contributed by atoms with Crippen molar-refractivity contribution in [2.45, 2.75) is 13.8 Å². The topological polar surface area (TPSA) is 60.5 Å². The van der Waals surface area contributed by atoms with Gasteiger partial charge >= 0.3 is 5.97 Å². The summed E-state index contributed by atoms with van der Waals surface area (Å²) in [5.41, 5.74) is 0.330. The molecule has 0 spiro atoms. The third kappa shape index (κ3) is 3.99. The second-order valence-corrected chi connectivity index (χ2v) is 3.34. The predicted molar refractivity (Wildman–Crippen MR) is 68.0 cm³/mol. The quantitative estimate of drug-likeness (QED) is 0.655. The molecule has 0 saturated heterocycles. The van der Waals surface area contributed by atoms with Crippen LogP contribution in [0.2, 0.25) is 0 Å². The van der Waals surface area contributed by atoms with Gasteiger partial charge in [0.1, 0.15) is 11.4 Å². The molecule has 0 bridgehead atoms. The molecule has 17 heavy (non-hydrogen) atoms. The lowest BCUT2D eigenvalue weighted by Crippen LogP contribution is -2.17. The molecule has 0 fully saturated rings. The third-order valence-corrected chi connectivity index (χ3v) is 2.02. The first-order valence-electron chi connectivity index (χ1n) is 5.25. The van der Waals surface area contributed by atoms with E-state index < -0.39 is 5.97 Å². The van der Waals surface area contributed by atoms with Gasteiger partial charge in [-0.1, -0.05) is 0 Å². The van der Waals surface area contributed by atoms with E-state index in [1.165, 1.54) is 0 Å². The average Bonchev–Trinajstić information content (AvgIpc) is 2.30. The van der Waals surface area contributed by atoms with Gasteiger partial charge in [0.15, 0.2) is 0 Å². The van der Waals surface area contributed by atoms with Crippen molar-refractivity contribution in [3.63, 3.8) is 0 Å². The van der Waals surface area contributed by atoms with Crippen LogP contribution in [0, 0.1) is 0 Å². The van der Waals surface area contributed by atoms with Gasteiger partial charge in [-0.25, -0.2) is 9.78 Å². The first-order valence-corrected chi connectivity index (χ1v) is 5.65. The summed E-state index contributed by atoms with van der Waals surface area (Å²) in [5.74, 6) is -0.105. The van der Waals surface area contributed by atoms with Crippen molar-refractivity contribution in [2.24, 2.45) is 0 Å². The Morgan fingerprint density at radius 1 is 1.41 bits per heavy atom. The van der Waals surface area contributed by atoms with Crippen LogP contribution < -0.4 is 5.32 Å². The van der Waals surface area contributed by atoms with E-state index in [-0.39, 0.29) is 5.17 Å². The smallest absolute Gasteiger partial charge is 0.341 e. The molecule has 0 aromatic carbocycles. The molecule has 1 aromatic rings. The summed E-state index contributed by atoms with van der Waals surface area (Å²) in [4.78, 5) is 15.6. The molecule has 1 rings (SSSR count). The van der Waals surface area contributed by atoms with E-state index in [1.54, 1.807) is 25.3 Å². The standard InChI is InChI=1S/C11H14N2O3S/c1-3-15-10(14)8-6-5-7-12-9(8)13-11(17)16-4-2/h5-7H,3-4H2,1-2H3,(H,12,13,17). The Morgan fingerprint density at radius 3 is 2.76 bits per heavy atom. The van der Waals surface area contributed by atoms with Crippen LogP contribution in [0.15, 0.2) is 18.3 Å². The van der Waals surface area contributed by atoms with Gasteiger partial charge in [-0.2, -0.15) is 0 Å². The minimum Gasteiger partial charge on any atom is -0.471 e. The maximum absolute atomic E-state index is 11.6. The fraction of sp³-hybridized carbons (Fsp3) is 0.364. The molecular weight excluding hydrogens is 240 g/mol. The molecular formula is C11H14N2O3S. The van der Waals surface area contributed by atoms with Crippen LogP contribution >= 0.6 is 12.2 Å². The number of pyridine rings is 1. The number of anilines is 1. The number of carbonyl (C=O) groups excluding carboxylic acids is 1. The normalized spacial score (nSPS) is 9.53. The highest BCUT2D eigenvalue weighted by molar-refractivity contribution is 7.80. The summed E-state index contributed by atoms with van der Waals surface area (Å²) in [6, 6.07) is 3.27. The molecule has 0 unspecified atom stereocenters. The molecule has 0 amide bonds. The van der Waals surface area contributed by atoms with Gasteiger partial charge in [0.2, 0.25) is 0 Å². The molecule has 0 aliphatic carbocycles. The second kappa shape index (κ2) is 6.80. The molecule has 1 N–H and O–H groups in total. The number of nitrogens with zero attached hydrogens (tertiary/aromatic N) is 1. The van der Waals surface area contributed by atoms with E-state index in [2.05, 4.69) is 10.3 Å². The number of nitrogens with one attached hydrogen (secondary N) is 1. The minimum atomic E-state index is -0.442. The highest BCUT2D eigenvalue weighted by Crippen LogP contribution is 2.13. The van der Waals surface area contributed by atoms with E-state index in [0.717, 1.165) is 0 Å². The lowest BCUT2D eigenvalue weighted by molar-refractivity contribution is 0.0527. The summed E-state index contributed by atoms with van der Waals surface area (Å²) >= 11 is 4.92. The predicted octanol–water partition coefficient (Wildman–Crippen LogP) is 1.99. The number of hydrogen-bond donors (Lipinski definition) is 1. The van der Waals surface area contributed by atoms with Crippen molar-refractivity contribution >= 4 is 29.2 Å². The van der Waals surface area contributed by atoms with Gasteiger partial charge in [-0.05, 0) is 38.2 Å². The zero-order valence-electron chi connectivity index (χ0n) is 9.73. The van der Waals surface area contributed by atoms with Crippen molar-refractivity contribution < 1.29 is 14.3 Å². The Bertz CT molecular complexity index is 409. The first kappa shape index (κ1) is 13.4. The average molecular weight is 254 g/mol. The number of ether oxygens (including phenoxy) is 2. The lowest BCUT2D eigenvalue weighted by atomic mass is 10.2. The van der Waals surface area contributed by atoms with Crippen molar-refractivity contribution in [1.82, 2.24) is 4.98 Å².